The third-order valence-corrected chi connectivity index (χ3v) is 4.77. The Balaban J connectivity index is 1.85. The summed E-state index contributed by atoms with van der Waals surface area (Å²) in [6.45, 7) is 2.03. The van der Waals surface area contributed by atoms with Crippen molar-refractivity contribution in [3.8, 4) is 10.8 Å². The number of carbonyl (C=O) groups excluding carboxylic acids is 1. The lowest BCUT2D eigenvalue weighted by Crippen LogP contribution is -2.17. The fourth-order valence-corrected chi connectivity index (χ4v) is 3.36. The van der Waals surface area contributed by atoms with Gasteiger partial charge in [-0.1, -0.05) is 42.2 Å². The topological polar surface area (TPSA) is 68.0 Å². The largest absolute Gasteiger partial charge is 0.454 e. The molecule has 1 saturated heterocycles. The Kier molecular flexibility index (Phi) is 3.68. The Hall–Kier alpha value is -1.51. The standard InChI is InChI=1S/C12H9N3O2S3/c1-2-9-14-15-11(20-9)7-4-3-6(17-7)5-8-10(16)13-12(18)19-8/h3-5H,2H2,1H3,(H,13,16,18)/b8-5+. The van der Waals surface area contributed by atoms with E-state index in [2.05, 4.69) is 15.5 Å². The maximum atomic E-state index is 11.6. The molecule has 1 amide bonds. The summed E-state index contributed by atoms with van der Waals surface area (Å²) >= 11 is 7.66. The number of carbonyl (C=O) groups is 1. The highest BCUT2D eigenvalue weighted by Gasteiger charge is 2.22. The molecule has 1 aliphatic heterocycles. The fraction of sp³-hybridized carbons (Fsp3) is 0.167. The normalized spacial score (nSPS) is 16.9. The van der Waals surface area contributed by atoms with Crippen LogP contribution in [0.25, 0.3) is 16.8 Å². The summed E-state index contributed by atoms with van der Waals surface area (Å²) in [6, 6.07) is 3.62. The van der Waals surface area contributed by atoms with Gasteiger partial charge in [0.2, 0.25) is 0 Å². The lowest BCUT2D eigenvalue weighted by Gasteiger charge is -1.90. The summed E-state index contributed by atoms with van der Waals surface area (Å²) in [7, 11) is 0. The number of thiocarbonyl (C=S) groups is 1. The molecule has 3 rings (SSSR count). The maximum Gasteiger partial charge on any atom is 0.263 e. The second-order valence-electron chi connectivity index (χ2n) is 3.91. The van der Waals surface area contributed by atoms with Crippen molar-refractivity contribution in [3.05, 3.63) is 27.8 Å². The first-order valence-corrected chi connectivity index (χ1v) is 7.87. The number of aryl methyl sites for hydroxylation is 1. The van der Waals surface area contributed by atoms with Gasteiger partial charge in [-0.25, -0.2) is 0 Å². The second-order valence-corrected chi connectivity index (χ2v) is 6.69. The fourth-order valence-electron chi connectivity index (χ4n) is 1.59. The zero-order valence-electron chi connectivity index (χ0n) is 10.4. The number of nitrogens with zero attached hydrogens (tertiary/aromatic N) is 2. The molecule has 0 bridgehead atoms. The Morgan fingerprint density at radius 2 is 2.30 bits per heavy atom. The van der Waals surface area contributed by atoms with Crippen molar-refractivity contribution in [2.75, 3.05) is 0 Å². The van der Waals surface area contributed by atoms with Crippen molar-refractivity contribution in [3.63, 3.8) is 0 Å². The Labute approximate surface area is 128 Å². The van der Waals surface area contributed by atoms with E-state index in [1.54, 1.807) is 12.1 Å². The average Bonchev–Trinajstić information content (AvgIpc) is 3.11. The molecule has 0 spiro atoms. The van der Waals surface area contributed by atoms with Crippen molar-refractivity contribution in [2.45, 2.75) is 13.3 Å². The molecule has 2 aromatic rings. The molecule has 0 aliphatic carbocycles. The number of aromatic nitrogens is 2. The molecular formula is C12H9N3O2S3. The summed E-state index contributed by atoms with van der Waals surface area (Å²) in [6.07, 6.45) is 2.52. The van der Waals surface area contributed by atoms with Gasteiger partial charge in [-0.2, -0.15) is 0 Å². The lowest BCUT2D eigenvalue weighted by molar-refractivity contribution is -0.115. The first kappa shape index (κ1) is 13.5. The van der Waals surface area contributed by atoms with Crippen LogP contribution in [0, 0.1) is 0 Å². The third kappa shape index (κ3) is 2.67. The van der Waals surface area contributed by atoms with Crippen LogP contribution in [0.1, 0.15) is 17.7 Å². The number of thioether (sulfide) groups is 1. The number of amides is 1. The molecule has 0 atom stereocenters. The highest BCUT2D eigenvalue weighted by molar-refractivity contribution is 8.26. The lowest BCUT2D eigenvalue weighted by atomic mass is 10.4. The van der Waals surface area contributed by atoms with E-state index >= 15 is 0 Å². The van der Waals surface area contributed by atoms with Gasteiger partial charge in [-0.15, -0.1) is 10.2 Å². The monoisotopic (exact) mass is 323 g/mol. The number of furan rings is 1. The summed E-state index contributed by atoms with van der Waals surface area (Å²) in [5.74, 6) is 1.05. The van der Waals surface area contributed by atoms with E-state index in [9.17, 15) is 4.79 Å². The first-order valence-electron chi connectivity index (χ1n) is 5.83. The van der Waals surface area contributed by atoms with Crippen molar-refractivity contribution in [2.24, 2.45) is 0 Å². The van der Waals surface area contributed by atoms with Crippen LogP contribution in [-0.2, 0) is 11.2 Å². The Morgan fingerprint density at radius 3 is 2.95 bits per heavy atom. The minimum atomic E-state index is -0.192. The summed E-state index contributed by atoms with van der Waals surface area (Å²) < 4.78 is 6.13. The van der Waals surface area contributed by atoms with Gasteiger partial charge in [0.05, 0.1) is 4.91 Å². The van der Waals surface area contributed by atoms with Crippen molar-refractivity contribution >= 4 is 51.6 Å². The molecule has 5 nitrogen and oxygen atoms in total. The second kappa shape index (κ2) is 5.47. The van der Waals surface area contributed by atoms with Crippen molar-refractivity contribution in [1.82, 2.24) is 15.5 Å². The molecule has 1 N–H and O–H groups in total. The van der Waals surface area contributed by atoms with Crippen LogP contribution < -0.4 is 5.32 Å². The van der Waals surface area contributed by atoms with E-state index in [1.165, 1.54) is 23.1 Å². The maximum absolute atomic E-state index is 11.6. The first-order chi connectivity index (χ1) is 9.65. The van der Waals surface area contributed by atoms with Crippen molar-refractivity contribution < 1.29 is 9.21 Å². The molecule has 3 heterocycles. The molecule has 102 valence electrons. The minimum Gasteiger partial charge on any atom is -0.454 e. The molecule has 1 fully saturated rings. The molecule has 8 heteroatoms. The van der Waals surface area contributed by atoms with Gasteiger partial charge < -0.3 is 9.73 Å². The molecule has 0 aromatic carbocycles. The van der Waals surface area contributed by atoms with Gasteiger partial charge in [-0.05, 0) is 18.6 Å². The molecule has 20 heavy (non-hydrogen) atoms. The van der Waals surface area contributed by atoms with Crippen LogP contribution in [0.3, 0.4) is 0 Å². The summed E-state index contributed by atoms with van der Waals surface area (Å²) in [5.41, 5.74) is 0. The zero-order chi connectivity index (χ0) is 14.1. The van der Waals surface area contributed by atoms with Gasteiger partial charge in [-0.3, -0.25) is 4.79 Å². The number of nitrogens with one attached hydrogen (secondary N) is 1. The van der Waals surface area contributed by atoms with Crippen LogP contribution in [-0.4, -0.2) is 20.4 Å². The van der Waals surface area contributed by atoms with E-state index in [-0.39, 0.29) is 5.91 Å². The number of rotatable bonds is 3. The van der Waals surface area contributed by atoms with Crippen LogP contribution >= 0.6 is 35.3 Å². The molecule has 0 unspecified atom stereocenters. The van der Waals surface area contributed by atoms with E-state index in [0.717, 1.165) is 16.4 Å². The van der Waals surface area contributed by atoms with Gasteiger partial charge in [0.25, 0.3) is 5.91 Å². The third-order valence-electron chi connectivity index (χ3n) is 2.52. The predicted molar refractivity (Wildman–Crippen MR) is 83.3 cm³/mol. The van der Waals surface area contributed by atoms with Crippen molar-refractivity contribution in [1.29, 1.82) is 0 Å². The summed E-state index contributed by atoms with van der Waals surface area (Å²) in [4.78, 5) is 12.1. The molecule has 0 saturated carbocycles. The van der Waals surface area contributed by atoms with Gasteiger partial charge in [0, 0.05) is 6.08 Å². The Morgan fingerprint density at radius 1 is 1.45 bits per heavy atom. The molecule has 0 radical (unpaired) electrons. The van der Waals surface area contributed by atoms with Gasteiger partial charge in [0.15, 0.2) is 10.8 Å². The molecule has 1 aliphatic rings. The predicted octanol–water partition coefficient (Wildman–Crippen LogP) is 2.85. The van der Waals surface area contributed by atoms with Crippen LogP contribution in [0.4, 0.5) is 0 Å². The van der Waals surface area contributed by atoms with E-state index in [4.69, 9.17) is 16.6 Å². The zero-order valence-corrected chi connectivity index (χ0v) is 12.8. The summed E-state index contributed by atoms with van der Waals surface area (Å²) in [5, 5.41) is 12.4. The average molecular weight is 323 g/mol. The quantitative estimate of drug-likeness (QED) is 0.692. The van der Waals surface area contributed by atoms with Gasteiger partial charge in [0.1, 0.15) is 15.1 Å². The van der Waals surface area contributed by atoms with E-state index in [0.29, 0.717) is 20.7 Å². The number of hydrogen-bond acceptors (Lipinski definition) is 7. The Bertz CT molecular complexity index is 717. The van der Waals surface area contributed by atoms with E-state index < -0.39 is 0 Å². The van der Waals surface area contributed by atoms with Crippen LogP contribution in [0.5, 0.6) is 0 Å². The highest BCUT2D eigenvalue weighted by Crippen LogP contribution is 2.29. The number of hydrogen-bond donors (Lipinski definition) is 1. The molecule has 2 aromatic heterocycles. The minimum absolute atomic E-state index is 0.192. The molecular weight excluding hydrogens is 314 g/mol. The smallest absolute Gasteiger partial charge is 0.263 e. The van der Waals surface area contributed by atoms with Crippen LogP contribution in [0.15, 0.2) is 21.5 Å². The highest BCUT2D eigenvalue weighted by atomic mass is 32.2. The SMILES string of the molecule is CCc1nnc(-c2ccc(/C=C3/SC(=S)NC3=O)o2)s1. The van der Waals surface area contributed by atoms with E-state index in [1.807, 2.05) is 13.0 Å². The van der Waals surface area contributed by atoms with Gasteiger partial charge >= 0.3 is 0 Å². The van der Waals surface area contributed by atoms with Crippen LogP contribution in [0.2, 0.25) is 0 Å².